The number of carbonyl (C=O) groups excluding carboxylic acids is 2. The third kappa shape index (κ3) is 4.27. The van der Waals surface area contributed by atoms with E-state index in [9.17, 15) is 14.7 Å². The molecule has 0 bridgehead atoms. The molecule has 2 amide bonds. The normalized spacial score (nSPS) is 27.8. The largest absolute Gasteiger partial charge is 0.508 e. The van der Waals surface area contributed by atoms with Crippen molar-refractivity contribution in [3.8, 4) is 5.75 Å². The molecule has 1 aromatic rings. The molecule has 0 saturated carbocycles. The number of aromatic hydroxyl groups is 1. The fourth-order valence-electron chi connectivity index (χ4n) is 5.81. The Balaban J connectivity index is 1.52. The minimum absolute atomic E-state index is 0.0209. The van der Waals surface area contributed by atoms with E-state index in [2.05, 4.69) is 19.9 Å². The number of imide groups is 1. The highest BCUT2D eigenvalue weighted by atomic mass is 16.5. The molecule has 2 heterocycles. The molecule has 2 fully saturated rings. The van der Waals surface area contributed by atoms with Gasteiger partial charge in [0.25, 0.3) is 0 Å². The number of nitrogens with zero attached hydrogens (tertiary/aromatic N) is 1. The Kier molecular flexibility index (Phi) is 6.85. The monoisotopic (exact) mass is 437 g/mol. The van der Waals surface area contributed by atoms with Gasteiger partial charge in [0.1, 0.15) is 5.75 Å². The molecular weight excluding hydrogens is 402 g/mol. The Hall–Kier alpha value is -2.40. The zero-order valence-corrected chi connectivity index (χ0v) is 19.5. The van der Waals surface area contributed by atoms with Crippen molar-refractivity contribution in [2.45, 2.75) is 65.4 Å². The Bertz CT molecular complexity index is 929. The minimum atomic E-state index is -0.233. The molecule has 1 N–H and O–H groups in total. The van der Waals surface area contributed by atoms with Crippen molar-refractivity contribution in [2.24, 2.45) is 17.8 Å². The molecular formula is C27H35NO4. The van der Waals surface area contributed by atoms with Gasteiger partial charge in [0, 0.05) is 12.5 Å². The van der Waals surface area contributed by atoms with Gasteiger partial charge in [-0.15, -0.1) is 0 Å². The number of benzene rings is 1. The van der Waals surface area contributed by atoms with Crippen LogP contribution in [-0.2, 0) is 14.3 Å². The Morgan fingerprint density at radius 2 is 1.88 bits per heavy atom. The molecule has 2 aliphatic heterocycles. The van der Waals surface area contributed by atoms with Gasteiger partial charge in [0.15, 0.2) is 0 Å². The van der Waals surface area contributed by atoms with Crippen molar-refractivity contribution >= 4 is 17.9 Å². The van der Waals surface area contributed by atoms with Gasteiger partial charge in [0.05, 0.1) is 24.5 Å². The number of rotatable bonds is 8. The summed E-state index contributed by atoms with van der Waals surface area (Å²) in [6.07, 6.45) is 7.51. The van der Waals surface area contributed by atoms with E-state index in [-0.39, 0.29) is 41.4 Å². The quantitative estimate of drug-likeness (QED) is 0.454. The molecule has 0 spiro atoms. The molecule has 4 rings (SSSR count). The lowest BCUT2D eigenvalue weighted by molar-refractivity contribution is -0.140. The molecule has 0 radical (unpaired) electrons. The van der Waals surface area contributed by atoms with Crippen molar-refractivity contribution in [2.75, 3.05) is 13.2 Å². The van der Waals surface area contributed by atoms with Crippen LogP contribution < -0.4 is 0 Å². The van der Waals surface area contributed by atoms with E-state index >= 15 is 0 Å². The number of phenols is 1. The van der Waals surface area contributed by atoms with Crippen LogP contribution in [0.1, 0.15) is 64.9 Å². The third-order valence-corrected chi connectivity index (χ3v) is 7.21. The second-order valence-corrected chi connectivity index (χ2v) is 9.52. The number of phenolic OH excluding ortho intramolecular Hbond substituents is 1. The number of ether oxygens (including phenoxy) is 1. The van der Waals surface area contributed by atoms with Gasteiger partial charge < -0.3 is 9.84 Å². The predicted molar refractivity (Wildman–Crippen MR) is 125 cm³/mol. The molecule has 0 aromatic heterocycles. The Morgan fingerprint density at radius 1 is 1.12 bits per heavy atom. The van der Waals surface area contributed by atoms with E-state index in [1.54, 1.807) is 12.1 Å². The Morgan fingerprint density at radius 3 is 2.56 bits per heavy atom. The summed E-state index contributed by atoms with van der Waals surface area (Å²) in [5.41, 5.74) is 5.02. The molecule has 172 valence electrons. The lowest BCUT2D eigenvalue weighted by Crippen LogP contribution is -2.34. The smallest absolute Gasteiger partial charge is 0.233 e. The van der Waals surface area contributed by atoms with E-state index in [1.165, 1.54) is 21.6 Å². The summed E-state index contributed by atoms with van der Waals surface area (Å²) in [6.45, 7) is 7.39. The van der Waals surface area contributed by atoms with Gasteiger partial charge in [-0.3, -0.25) is 14.5 Å². The van der Waals surface area contributed by atoms with E-state index in [1.807, 2.05) is 19.1 Å². The van der Waals surface area contributed by atoms with Gasteiger partial charge in [-0.05, 0) is 62.3 Å². The highest BCUT2D eigenvalue weighted by molar-refractivity contribution is 6.05. The van der Waals surface area contributed by atoms with Gasteiger partial charge in [-0.25, -0.2) is 0 Å². The zero-order valence-electron chi connectivity index (χ0n) is 19.5. The van der Waals surface area contributed by atoms with E-state index in [0.717, 1.165) is 44.1 Å². The predicted octanol–water partition coefficient (Wildman–Crippen LogP) is 5.10. The number of hydrogen-bond acceptors (Lipinski definition) is 4. The van der Waals surface area contributed by atoms with Crippen molar-refractivity contribution in [3.63, 3.8) is 0 Å². The second-order valence-electron chi connectivity index (χ2n) is 9.52. The van der Waals surface area contributed by atoms with Gasteiger partial charge in [0.2, 0.25) is 11.8 Å². The second kappa shape index (κ2) is 9.62. The van der Waals surface area contributed by atoms with Gasteiger partial charge in [-0.1, -0.05) is 49.6 Å². The third-order valence-electron chi connectivity index (χ3n) is 7.21. The number of likely N-dealkylation sites (tertiary alicyclic amines) is 1. The zero-order chi connectivity index (χ0) is 22.8. The van der Waals surface area contributed by atoms with Crippen LogP contribution in [0.4, 0.5) is 0 Å². The first kappa shape index (κ1) is 22.8. The fraction of sp³-hybridized carbons (Fsp3) is 0.556. The highest BCUT2D eigenvalue weighted by Crippen LogP contribution is 2.50. The van der Waals surface area contributed by atoms with E-state index in [4.69, 9.17) is 4.74 Å². The van der Waals surface area contributed by atoms with Crippen molar-refractivity contribution in [1.82, 2.24) is 4.90 Å². The molecule has 32 heavy (non-hydrogen) atoms. The number of amides is 2. The van der Waals surface area contributed by atoms with Crippen LogP contribution in [-0.4, -0.2) is 41.1 Å². The van der Waals surface area contributed by atoms with Crippen LogP contribution in [0.5, 0.6) is 5.75 Å². The topological polar surface area (TPSA) is 66.8 Å². The van der Waals surface area contributed by atoms with Gasteiger partial charge in [-0.2, -0.15) is 0 Å². The summed E-state index contributed by atoms with van der Waals surface area (Å²) in [5.74, 6) is -0.0436. The van der Waals surface area contributed by atoms with Crippen LogP contribution in [0.25, 0.3) is 6.08 Å². The molecule has 3 aliphatic rings. The van der Waals surface area contributed by atoms with Crippen molar-refractivity contribution in [3.05, 3.63) is 46.5 Å². The first-order chi connectivity index (χ1) is 15.4. The summed E-state index contributed by atoms with van der Waals surface area (Å²) in [5, 5.41) is 9.47. The maximum absolute atomic E-state index is 13.1. The maximum Gasteiger partial charge on any atom is 0.233 e. The molecule has 1 aliphatic carbocycles. The number of fused-ring (bicyclic) bond motifs is 3. The first-order valence-corrected chi connectivity index (χ1v) is 12.1. The standard InChI is InChI=1S/C27H35NO4/c1-4-6-19-15-21-25(27(31)28(13-5-2)26(21)30)22-16-32-23(24(19)22)12-7-17(3)14-18-8-10-20(29)11-9-18/h8-11,14,21-23,25,29H,4-7,12-13,15-16H2,1-3H3/b17-14+/t21-,22+,23-,25-/m1/s1. The summed E-state index contributed by atoms with van der Waals surface area (Å²) in [4.78, 5) is 27.6. The van der Waals surface area contributed by atoms with Gasteiger partial charge >= 0.3 is 0 Å². The minimum Gasteiger partial charge on any atom is -0.508 e. The lowest BCUT2D eigenvalue weighted by Gasteiger charge is -2.32. The molecule has 4 atom stereocenters. The van der Waals surface area contributed by atoms with E-state index < -0.39 is 0 Å². The maximum atomic E-state index is 13.1. The number of hydrogen-bond donors (Lipinski definition) is 1. The Labute approximate surface area is 191 Å². The lowest BCUT2D eigenvalue weighted by atomic mass is 9.68. The number of allylic oxidation sites excluding steroid dienone is 2. The molecule has 2 saturated heterocycles. The molecule has 1 aromatic carbocycles. The van der Waals surface area contributed by atoms with Crippen LogP contribution in [0.15, 0.2) is 41.0 Å². The molecule has 0 unspecified atom stereocenters. The molecule has 5 nitrogen and oxygen atoms in total. The summed E-state index contributed by atoms with van der Waals surface area (Å²) >= 11 is 0. The van der Waals surface area contributed by atoms with Crippen LogP contribution in [0.2, 0.25) is 0 Å². The summed E-state index contributed by atoms with van der Waals surface area (Å²) in [6, 6.07) is 7.22. The van der Waals surface area contributed by atoms with Crippen molar-refractivity contribution in [1.29, 1.82) is 0 Å². The van der Waals surface area contributed by atoms with E-state index in [0.29, 0.717) is 13.2 Å². The van der Waals surface area contributed by atoms with Crippen LogP contribution >= 0.6 is 0 Å². The molecule has 5 heteroatoms. The average Bonchev–Trinajstić information content (AvgIpc) is 3.30. The van der Waals surface area contributed by atoms with Crippen LogP contribution in [0.3, 0.4) is 0 Å². The summed E-state index contributed by atoms with van der Waals surface area (Å²) < 4.78 is 6.28. The van der Waals surface area contributed by atoms with Crippen LogP contribution in [0, 0.1) is 17.8 Å². The average molecular weight is 438 g/mol. The fourth-order valence-corrected chi connectivity index (χ4v) is 5.81. The SMILES string of the molecule is CCCC1=C2[C@@H](CC/C(C)=C/c3ccc(O)cc3)OC[C@@H]2[C@@H]2C(=O)N(CCC)C(=O)[C@@H]2C1. The highest BCUT2D eigenvalue weighted by Gasteiger charge is 2.56. The number of carbonyl (C=O) groups is 2. The first-order valence-electron chi connectivity index (χ1n) is 12.1. The van der Waals surface area contributed by atoms with Crippen molar-refractivity contribution < 1.29 is 19.4 Å². The summed E-state index contributed by atoms with van der Waals surface area (Å²) in [7, 11) is 0.